The zero-order valence-corrected chi connectivity index (χ0v) is 14.5. The molecule has 3 rings (SSSR count). The highest BCUT2D eigenvalue weighted by molar-refractivity contribution is 5.91. The van der Waals surface area contributed by atoms with Crippen molar-refractivity contribution in [2.75, 3.05) is 11.9 Å². The number of nitrogens with one attached hydrogen (secondary N) is 2. The van der Waals surface area contributed by atoms with E-state index < -0.39 is 29.6 Å². The molecule has 3 aromatic rings. The number of alkyl halides is 3. The second-order valence-corrected chi connectivity index (χ2v) is 6.09. The first-order valence-corrected chi connectivity index (χ1v) is 8.22. The van der Waals surface area contributed by atoms with Crippen LogP contribution >= 0.6 is 0 Å². The van der Waals surface area contributed by atoms with E-state index in [1.807, 2.05) is 0 Å². The van der Waals surface area contributed by atoms with Crippen molar-refractivity contribution in [1.29, 1.82) is 0 Å². The monoisotopic (exact) mass is 398 g/mol. The maximum atomic E-state index is 13.6. The van der Waals surface area contributed by atoms with Crippen LogP contribution in [0.5, 0.6) is 5.75 Å². The fourth-order valence-electron chi connectivity index (χ4n) is 2.70. The van der Waals surface area contributed by atoms with Gasteiger partial charge >= 0.3 is 6.18 Å². The van der Waals surface area contributed by atoms with Gasteiger partial charge in [0, 0.05) is 35.7 Å². The highest BCUT2D eigenvalue weighted by Gasteiger charge is 2.38. The van der Waals surface area contributed by atoms with E-state index in [0.717, 1.165) is 5.39 Å². The highest BCUT2D eigenvalue weighted by atomic mass is 19.4. The Morgan fingerprint density at radius 2 is 1.86 bits per heavy atom. The van der Waals surface area contributed by atoms with Crippen LogP contribution in [0.25, 0.3) is 10.9 Å². The van der Waals surface area contributed by atoms with Crippen molar-refractivity contribution < 1.29 is 31.8 Å². The molecule has 28 heavy (non-hydrogen) atoms. The summed E-state index contributed by atoms with van der Waals surface area (Å²) in [5, 5.41) is 13.0. The molecule has 4 nitrogen and oxygen atoms in total. The van der Waals surface area contributed by atoms with Crippen LogP contribution in [0.15, 0.2) is 24.4 Å². The molecule has 0 bridgehead atoms. The number of rotatable bonds is 6. The van der Waals surface area contributed by atoms with Gasteiger partial charge in [0.1, 0.15) is 29.2 Å². The average Bonchev–Trinajstić information content (AvgIpc) is 2.94. The minimum Gasteiger partial charge on any atom is -0.493 e. The van der Waals surface area contributed by atoms with Gasteiger partial charge in [-0.25, -0.2) is 8.78 Å². The lowest BCUT2D eigenvalue weighted by molar-refractivity contribution is -0.142. The first-order valence-electron chi connectivity index (χ1n) is 8.22. The Morgan fingerprint density at radius 1 is 1.18 bits per heavy atom. The highest BCUT2D eigenvalue weighted by Crippen LogP contribution is 2.35. The van der Waals surface area contributed by atoms with Gasteiger partial charge in [0.2, 0.25) is 0 Å². The summed E-state index contributed by atoms with van der Waals surface area (Å²) in [4.78, 5) is 2.97. The van der Waals surface area contributed by atoms with Crippen molar-refractivity contribution in [3.05, 3.63) is 59.3 Å². The Bertz CT molecular complexity index is 959. The molecule has 0 fully saturated rings. The third-order valence-electron chi connectivity index (χ3n) is 3.89. The lowest BCUT2D eigenvalue weighted by Crippen LogP contribution is -2.12. The lowest BCUT2D eigenvalue weighted by atomic mass is 10.1. The number of hydrogen-bond acceptors (Lipinski definition) is 3. The smallest absolute Gasteiger partial charge is 0.422 e. The molecule has 1 atom stereocenters. The van der Waals surface area contributed by atoms with Crippen LogP contribution in [-0.2, 0) is 12.6 Å². The van der Waals surface area contributed by atoms with E-state index in [4.69, 9.17) is 4.74 Å². The van der Waals surface area contributed by atoms with Crippen molar-refractivity contribution in [3.63, 3.8) is 0 Å². The summed E-state index contributed by atoms with van der Waals surface area (Å²) in [6, 6.07) is 8.57. The Labute approximate surface area is 156 Å². The average molecular weight is 398 g/mol. The van der Waals surface area contributed by atoms with Crippen LogP contribution < -0.4 is 10.1 Å². The summed E-state index contributed by atoms with van der Waals surface area (Å²) in [6.07, 6.45) is -3.95. The largest absolute Gasteiger partial charge is 0.493 e. The molecule has 0 radical (unpaired) electrons. The summed E-state index contributed by atoms with van der Waals surface area (Å²) >= 11 is 0. The quantitative estimate of drug-likeness (QED) is 0.425. The number of halogens is 5. The third kappa shape index (κ3) is 4.28. The van der Waals surface area contributed by atoms with Gasteiger partial charge in [0.25, 0.3) is 0 Å². The number of aliphatic hydroxyl groups excluding tert-OH is 1. The number of aromatic amines is 1. The molecule has 0 saturated carbocycles. The molecule has 9 heteroatoms. The molecule has 1 aromatic heterocycles. The van der Waals surface area contributed by atoms with Crippen molar-refractivity contribution in [2.24, 2.45) is 0 Å². The molecule has 0 saturated heterocycles. The standard InChI is InChI=1S/C19H15F5N2O2/c1-10(27)26-17-9-25-16-3-2-11(6-13(16)17)4-5-28-12-7-14(20)18(15(21)8-12)19(22,23)24/h6-10,25-27H,4-5H2,1H3. The van der Waals surface area contributed by atoms with E-state index in [1.54, 1.807) is 19.2 Å². The number of anilines is 1. The SMILES string of the molecule is CC(O)Nc1c[nH]c2c#cc(CCOc3cc(F)c(C(F)(F)F)c(F)c3)cc12. The number of aliphatic hydroxyl groups is 1. The van der Waals surface area contributed by atoms with E-state index in [1.165, 1.54) is 0 Å². The molecular weight excluding hydrogens is 383 g/mol. The maximum Gasteiger partial charge on any atom is 0.422 e. The molecule has 1 unspecified atom stereocenters. The van der Waals surface area contributed by atoms with Gasteiger partial charge in [0.05, 0.1) is 17.8 Å². The zero-order chi connectivity index (χ0) is 20.5. The van der Waals surface area contributed by atoms with Crippen LogP contribution in [-0.4, -0.2) is 22.9 Å². The van der Waals surface area contributed by atoms with Crippen molar-refractivity contribution in [1.82, 2.24) is 4.98 Å². The number of ether oxygens (including phenoxy) is 1. The summed E-state index contributed by atoms with van der Waals surface area (Å²) in [7, 11) is 0. The lowest BCUT2D eigenvalue weighted by Gasteiger charge is -2.12. The summed E-state index contributed by atoms with van der Waals surface area (Å²) in [5.41, 5.74) is 0.0384. The minimum absolute atomic E-state index is 0.0380. The Balaban J connectivity index is 1.70. The van der Waals surface area contributed by atoms with Gasteiger partial charge in [-0.05, 0) is 19.1 Å². The van der Waals surface area contributed by atoms with Crippen LogP contribution in [0, 0.1) is 23.8 Å². The van der Waals surface area contributed by atoms with Gasteiger partial charge in [-0.2, -0.15) is 13.2 Å². The van der Waals surface area contributed by atoms with Crippen LogP contribution in [0.2, 0.25) is 0 Å². The van der Waals surface area contributed by atoms with Gasteiger partial charge in [-0.1, -0.05) is 6.07 Å². The van der Waals surface area contributed by atoms with Crippen molar-refractivity contribution in [3.8, 4) is 5.75 Å². The number of benzene rings is 1. The van der Waals surface area contributed by atoms with Crippen LogP contribution in [0.3, 0.4) is 0 Å². The predicted molar refractivity (Wildman–Crippen MR) is 91.8 cm³/mol. The van der Waals surface area contributed by atoms with E-state index in [2.05, 4.69) is 22.4 Å². The van der Waals surface area contributed by atoms with Gasteiger partial charge in [-0.15, -0.1) is 0 Å². The second-order valence-electron chi connectivity index (χ2n) is 6.09. The summed E-state index contributed by atoms with van der Waals surface area (Å²) < 4.78 is 70.0. The van der Waals surface area contributed by atoms with Crippen LogP contribution in [0.4, 0.5) is 27.6 Å². The number of hydrogen-bond donors (Lipinski definition) is 3. The van der Waals surface area contributed by atoms with Gasteiger partial charge in [-0.3, -0.25) is 0 Å². The molecule has 3 N–H and O–H groups in total. The van der Waals surface area contributed by atoms with E-state index in [-0.39, 0.29) is 18.8 Å². The Hall–Kier alpha value is -2.99. The number of fused-ring (bicyclic) bond motifs is 1. The number of aromatic nitrogens is 1. The normalized spacial score (nSPS) is 12.7. The van der Waals surface area contributed by atoms with Gasteiger partial charge in [0.15, 0.2) is 0 Å². The second kappa shape index (κ2) is 7.56. The molecule has 0 aliphatic carbocycles. The topological polar surface area (TPSA) is 57.3 Å². The molecule has 148 valence electrons. The molecule has 0 amide bonds. The predicted octanol–water partition coefficient (Wildman–Crippen LogP) is 4.44. The van der Waals surface area contributed by atoms with E-state index in [0.29, 0.717) is 28.9 Å². The number of H-pyrrole nitrogens is 1. The third-order valence-corrected chi connectivity index (χ3v) is 3.89. The minimum atomic E-state index is -5.12. The van der Waals surface area contributed by atoms with E-state index in [9.17, 15) is 27.1 Å². The summed E-state index contributed by atoms with van der Waals surface area (Å²) in [5.74, 6) is -3.80. The van der Waals surface area contributed by atoms with Crippen molar-refractivity contribution >= 4 is 16.6 Å². The zero-order valence-electron chi connectivity index (χ0n) is 14.5. The maximum absolute atomic E-state index is 13.6. The molecule has 1 heterocycles. The fraction of sp³-hybridized carbons (Fsp3) is 0.263. The molecule has 2 aromatic carbocycles. The first-order chi connectivity index (χ1) is 13.1. The summed E-state index contributed by atoms with van der Waals surface area (Å²) in [6.45, 7) is 1.53. The first kappa shape index (κ1) is 19.8. The molecule has 0 spiro atoms. The molecular formula is C19H15F5N2O2. The van der Waals surface area contributed by atoms with Crippen LogP contribution in [0.1, 0.15) is 18.1 Å². The molecule has 0 aliphatic rings. The van der Waals surface area contributed by atoms with Gasteiger partial charge < -0.3 is 20.1 Å². The van der Waals surface area contributed by atoms with E-state index >= 15 is 0 Å². The van der Waals surface area contributed by atoms with Crippen molar-refractivity contribution in [2.45, 2.75) is 25.7 Å². The Kier molecular flexibility index (Phi) is 5.34. The fourth-order valence-corrected chi connectivity index (χ4v) is 2.70. The molecule has 0 aliphatic heterocycles. The Morgan fingerprint density at radius 3 is 2.46 bits per heavy atom.